The Bertz CT molecular complexity index is 716. The van der Waals surface area contributed by atoms with Gasteiger partial charge >= 0.3 is 0 Å². The van der Waals surface area contributed by atoms with Crippen LogP contribution >= 0.6 is 0 Å². The molecule has 2 heterocycles. The Morgan fingerprint density at radius 3 is 2.19 bits per heavy atom. The fraction of sp³-hybridized carbons (Fsp3) is 0.550. The lowest BCUT2D eigenvalue weighted by molar-refractivity contribution is -0.140. The van der Waals surface area contributed by atoms with Crippen LogP contribution < -0.4 is 0 Å². The summed E-state index contributed by atoms with van der Waals surface area (Å²) in [6.07, 6.45) is 0. The summed E-state index contributed by atoms with van der Waals surface area (Å²) in [6, 6.07) is 9.15. The van der Waals surface area contributed by atoms with E-state index in [0.29, 0.717) is 31.7 Å². The van der Waals surface area contributed by atoms with Gasteiger partial charge in [-0.2, -0.15) is 0 Å². The summed E-state index contributed by atoms with van der Waals surface area (Å²) >= 11 is 0. The molecule has 2 fully saturated rings. The summed E-state index contributed by atoms with van der Waals surface area (Å²) in [4.78, 5) is 43.5. The lowest BCUT2D eigenvalue weighted by Gasteiger charge is -2.31. The molecule has 0 spiro atoms. The molecule has 0 N–H and O–H groups in total. The number of nitrogens with zero attached hydrogens (tertiary/aromatic N) is 3. The van der Waals surface area contributed by atoms with E-state index in [9.17, 15) is 14.4 Å². The third-order valence-corrected chi connectivity index (χ3v) is 5.55. The Kier molecular flexibility index (Phi) is 4.78. The highest BCUT2D eigenvalue weighted by atomic mass is 16.2. The fourth-order valence-corrected chi connectivity index (χ4v) is 4.26. The molecule has 1 aromatic rings. The topological polar surface area (TPSA) is 60.9 Å². The van der Waals surface area contributed by atoms with Crippen molar-refractivity contribution in [2.24, 2.45) is 17.3 Å². The van der Waals surface area contributed by atoms with Gasteiger partial charge in [0.25, 0.3) is 5.91 Å². The highest BCUT2D eigenvalue weighted by Crippen LogP contribution is 2.44. The monoisotopic (exact) mass is 357 g/mol. The predicted octanol–water partition coefficient (Wildman–Crippen LogP) is 1.33. The van der Waals surface area contributed by atoms with E-state index in [1.807, 2.05) is 32.0 Å². The van der Waals surface area contributed by atoms with E-state index in [1.165, 1.54) is 0 Å². The molecule has 0 aromatic heterocycles. The van der Waals surface area contributed by atoms with E-state index in [0.717, 1.165) is 0 Å². The molecule has 2 aliphatic rings. The standard InChI is InChI=1S/C20H27N3O3/c1-14(2)17(24)22-10-16-11-23(18(25)15-8-6-5-7-9-15)13-20(16,12-22)19(26)21(3)4/h5-9,14,16H,10-13H2,1-4H3/t16-,20-/m1/s1. The van der Waals surface area contributed by atoms with Gasteiger partial charge in [-0.25, -0.2) is 0 Å². The Hall–Kier alpha value is -2.37. The van der Waals surface area contributed by atoms with Gasteiger partial charge in [0, 0.05) is 57.7 Å². The molecule has 0 saturated carbocycles. The molecule has 6 nitrogen and oxygen atoms in total. The zero-order valence-electron chi connectivity index (χ0n) is 15.9. The van der Waals surface area contributed by atoms with Crippen LogP contribution in [-0.4, -0.2) is 72.7 Å². The maximum Gasteiger partial charge on any atom is 0.253 e. The molecule has 26 heavy (non-hydrogen) atoms. The quantitative estimate of drug-likeness (QED) is 0.820. The summed E-state index contributed by atoms with van der Waals surface area (Å²) in [5, 5.41) is 0. The van der Waals surface area contributed by atoms with Crippen molar-refractivity contribution >= 4 is 17.7 Å². The highest BCUT2D eigenvalue weighted by molar-refractivity contribution is 5.96. The van der Waals surface area contributed by atoms with Gasteiger partial charge in [-0.05, 0) is 12.1 Å². The average molecular weight is 357 g/mol. The molecule has 140 valence electrons. The van der Waals surface area contributed by atoms with Crippen molar-refractivity contribution in [2.45, 2.75) is 13.8 Å². The van der Waals surface area contributed by atoms with Gasteiger partial charge in [-0.1, -0.05) is 32.0 Å². The van der Waals surface area contributed by atoms with Crippen LogP contribution in [0.15, 0.2) is 30.3 Å². The first-order valence-corrected chi connectivity index (χ1v) is 9.11. The van der Waals surface area contributed by atoms with E-state index < -0.39 is 5.41 Å². The van der Waals surface area contributed by atoms with Crippen LogP contribution in [0.1, 0.15) is 24.2 Å². The van der Waals surface area contributed by atoms with Crippen molar-refractivity contribution in [1.82, 2.24) is 14.7 Å². The summed E-state index contributed by atoms with van der Waals surface area (Å²) in [5.74, 6) is -0.0843. The molecule has 3 rings (SSSR count). The number of fused-ring (bicyclic) bond motifs is 1. The third-order valence-electron chi connectivity index (χ3n) is 5.55. The second-order valence-corrected chi connectivity index (χ2v) is 7.98. The van der Waals surface area contributed by atoms with E-state index in [2.05, 4.69) is 0 Å². The van der Waals surface area contributed by atoms with Gasteiger partial charge in [-0.15, -0.1) is 0 Å². The van der Waals surface area contributed by atoms with Crippen LogP contribution in [0.5, 0.6) is 0 Å². The zero-order valence-corrected chi connectivity index (χ0v) is 15.9. The van der Waals surface area contributed by atoms with E-state index >= 15 is 0 Å². The maximum atomic E-state index is 13.0. The smallest absolute Gasteiger partial charge is 0.253 e. The SMILES string of the molecule is CC(C)C(=O)N1C[C@@H]2CN(C(=O)c3ccccc3)C[C@]2(C(=O)N(C)C)C1. The normalized spacial score (nSPS) is 24.7. The molecule has 1 aromatic carbocycles. The predicted molar refractivity (Wildman–Crippen MR) is 98.4 cm³/mol. The third kappa shape index (κ3) is 2.97. The first kappa shape index (κ1) is 18.4. The van der Waals surface area contributed by atoms with Crippen molar-refractivity contribution in [3.63, 3.8) is 0 Å². The second kappa shape index (κ2) is 6.74. The Morgan fingerprint density at radius 1 is 1.04 bits per heavy atom. The Morgan fingerprint density at radius 2 is 1.62 bits per heavy atom. The number of likely N-dealkylation sites (tertiary alicyclic amines) is 2. The molecule has 0 unspecified atom stereocenters. The van der Waals surface area contributed by atoms with Gasteiger partial charge in [0.1, 0.15) is 0 Å². The Balaban J connectivity index is 1.86. The lowest BCUT2D eigenvalue weighted by atomic mass is 9.79. The zero-order chi connectivity index (χ0) is 19.1. The molecule has 2 atom stereocenters. The highest BCUT2D eigenvalue weighted by Gasteiger charge is 2.59. The van der Waals surface area contributed by atoms with Crippen molar-refractivity contribution in [1.29, 1.82) is 0 Å². The molecule has 6 heteroatoms. The lowest BCUT2D eigenvalue weighted by Crippen LogP contribution is -2.48. The van der Waals surface area contributed by atoms with Crippen molar-refractivity contribution in [3.8, 4) is 0 Å². The number of benzene rings is 1. The number of rotatable bonds is 3. The average Bonchev–Trinajstić information content (AvgIpc) is 3.15. The van der Waals surface area contributed by atoms with Crippen molar-refractivity contribution in [2.75, 3.05) is 40.3 Å². The fourth-order valence-electron chi connectivity index (χ4n) is 4.26. The van der Waals surface area contributed by atoms with Crippen LogP contribution in [0.3, 0.4) is 0 Å². The number of hydrogen-bond donors (Lipinski definition) is 0. The van der Waals surface area contributed by atoms with Crippen LogP contribution in [0, 0.1) is 17.3 Å². The van der Waals surface area contributed by atoms with E-state index in [-0.39, 0.29) is 29.6 Å². The molecule has 0 bridgehead atoms. The van der Waals surface area contributed by atoms with Gasteiger partial charge in [0.05, 0.1) is 5.41 Å². The molecule has 3 amide bonds. The van der Waals surface area contributed by atoms with Gasteiger partial charge in [-0.3, -0.25) is 14.4 Å². The van der Waals surface area contributed by atoms with E-state index in [1.54, 1.807) is 40.9 Å². The number of amides is 3. The van der Waals surface area contributed by atoms with Crippen LogP contribution in [-0.2, 0) is 9.59 Å². The number of carbonyl (C=O) groups is 3. The molecule has 0 aliphatic carbocycles. The van der Waals surface area contributed by atoms with Gasteiger partial charge < -0.3 is 14.7 Å². The van der Waals surface area contributed by atoms with Gasteiger partial charge in [0.15, 0.2) is 0 Å². The minimum absolute atomic E-state index is 0.00455. The summed E-state index contributed by atoms with van der Waals surface area (Å²) in [7, 11) is 3.48. The first-order valence-electron chi connectivity index (χ1n) is 9.11. The van der Waals surface area contributed by atoms with Crippen LogP contribution in [0.4, 0.5) is 0 Å². The largest absolute Gasteiger partial charge is 0.348 e. The number of hydrogen-bond acceptors (Lipinski definition) is 3. The van der Waals surface area contributed by atoms with Crippen molar-refractivity contribution in [3.05, 3.63) is 35.9 Å². The van der Waals surface area contributed by atoms with Crippen LogP contribution in [0.2, 0.25) is 0 Å². The van der Waals surface area contributed by atoms with Crippen LogP contribution in [0.25, 0.3) is 0 Å². The van der Waals surface area contributed by atoms with E-state index in [4.69, 9.17) is 0 Å². The summed E-state index contributed by atoms with van der Waals surface area (Å²) in [6.45, 7) is 5.56. The molecular weight excluding hydrogens is 330 g/mol. The minimum atomic E-state index is -0.696. The van der Waals surface area contributed by atoms with Gasteiger partial charge in [0.2, 0.25) is 11.8 Å². The molecular formula is C20H27N3O3. The minimum Gasteiger partial charge on any atom is -0.348 e. The van der Waals surface area contributed by atoms with Crippen molar-refractivity contribution < 1.29 is 14.4 Å². The molecule has 2 saturated heterocycles. The summed E-state index contributed by atoms with van der Waals surface area (Å²) in [5.41, 5.74) is -0.0616. The molecule has 0 radical (unpaired) electrons. The maximum absolute atomic E-state index is 13.0. The number of carbonyl (C=O) groups excluding carboxylic acids is 3. The molecule has 2 aliphatic heterocycles. The summed E-state index contributed by atoms with van der Waals surface area (Å²) < 4.78 is 0. The first-order chi connectivity index (χ1) is 12.3. The Labute approximate surface area is 154 Å². The second-order valence-electron chi connectivity index (χ2n) is 7.98.